The van der Waals surface area contributed by atoms with Crippen molar-refractivity contribution in [2.45, 2.75) is 19.3 Å². The van der Waals surface area contributed by atoms with Crippen LogP contribution in [0.1, 0.15) is 30.4 Å². The summed E-state index contributed by atoms with van der Waals surface area (Å²) < 4.78 is 5.47. The molecule has 1 unspecified atom stereocenters. The predicted molar refractivity (Wildman–Crippen MR) is 114 cm³/mol. The summed E-state index contributed by atoms with van der Waals surface area (Å²) >= 11 is 0. The average Bonchev–Trinajstić information content (AvgIpc) is 3.50. The largest absolute Gasteiger partial charge is 0.481 e. The number of nitrogens with one attached hydrogen (secondary N) is 2. The number of alkyl carbamates (subject to hydrolysis) is 1. The van der Waals surface area contributed by atoms with Crippen molar-refractivity contribution in [3.05, 3.63) is 59.7 Å². The van der Waals surface area contributed by atoms with Gasteiger partial charge in [-0.25, -0.2) is 4.79 Å². The Morgan fingerprint density at radius 1 is 1.03 bits per heavy atom. The van der Waals surface area contributed by atoms with Crippen LogP contribution in [0.2, 0.25) is 0 Å². The van der Waals surface area contributed by atoms with E-state index < -0.39 is 18.0 Å². The lowest BCUT2D eigenvalue weighted by atomic mass is 9.98. The van der Waals surface area contributed by atoms with Crippen LogP contribution in [-0.2, 0) is 14.3 Å². The molecular formula is C24H26N2O5. The van der Waals surface area contributed by atoms with E-state index in [-0.39, 0.29) is 36.8 Å². The van der Waals surface area contributed by atoms with E-state index in [1.807, 2.05) is 24.3 Å². The van der Waals surface area contributed by atoms with Crippen LogP contribution < -0.4 is 10.6 Å². The third kappa shape index (κ3) is 4.55. The molecule has 3 N–H and O–H groups in total. The first-order valence-electron chi connectivity index (χ1n) is 10.5. The number of carbonyl (C=O) groups is 3. The van der Waals surface area contributed by atoms with Gasteiger partial charge in [0.1, 0.15) is 6.61 Å². The molecule has 7 heteroatoms. The van der Waals surface area contributed by atoms with Crippen LogP contribution in [0.3, 0.4) is 0 Å². The second-order valence-corrected chi connectivity index (χ2v) is 8.29. The van der Waals surface area contributed by atoms with Gasteiger partial charge in [0.15, 0.2) is 0 Å². The summed E-state index contributed by atoms with van der Waals surface area (Å²) in [5.74, 6) is -1.83. The molecule has 2 amide bonds. The fourth-order valence-electron chi connectivity index (χ4n) is 4.16. The second-order valence-electron chi connectivity index (χ2n) is 8.29. The number of carboxylic acids is 1. The Morgan fingerprint density at radius 3 is 2.23 bits per heavy atom. The topological polar surface area (TPSA) is 105 Å². The minimum atomic E-state index is -0.816. The van der Waals surface area contributed by atoms with Crippen molar-refractivity contribution in [3.8, 4) is 11.1 Å². The van der Waals surface area contributed by atoms with Gasteiger partial charge in [-0.3, -0.25) is 9.59 Å². The monoisotopic (exact) mass is 422 g/mol. The van der Waals surface area contributed by atoms with Gasteiger partial charge in [-0.15, -0.1) is 0 Å². The zero-order chi connectivity index (χ0) is 22.0. The molecule has 0 heterocycles. The Hall–Kier alpha value is -3.35. The molecule has 1 fully saturated rings. The van der Waals surface area contributed by atoms with E-state index in [0.29, 0.717) is 13.0 Å². The molecule has 0 spiro atoms. The highest BCUT2D eigenvalue weighted by molar-refractivity contribution is 5.80. The fourth-order valence-corrected chi connectivity index (χ4v) is 4.16. The molecule has 2 aliphatic rings. The smallest absolute Gasteiger partial charge is 0.407 e. The van der Waals surface area contributed by atoms with E-state index >= 15 is 0 Å². The zero-order valence-corrected chi connectivity index (χ0v) is 17.3. The van der Waals surface area contributed by atoms with Gasteiger partial charge in [0, 0.05) is 19.0 Å². The summed E-state index contributed by atoms with van der Waals surface area (Å²) in [7, 11) is 0. The lowest BCUT2D eigenvalue weighted by Crippen LogP contribution is -2.38. The number of amides is 2. The van der Waals surface area contributed by atoms with Gasteiger partial charge < -0.3 is 20.5 Å². The molecule has 7 nitrogen and oxygen atoms in total. The number of hydrogen-bond donors (Lipinski definition) is 3. The lowest BCUT2D eigenvalue weighted by molar-refractivity contribution is -0.139. The van der Waals surface area contributed by atoms with Crippen molar-refractivity contribution >= 4 is 18.0 Å². The molecule has 0 bridgehead atoms. The average molecular weight is 422 g/mol. The van der Waals surface area contributed by atoms with Crippen molar-refractivity contribution in [2.75, 3.05) is 19.7 Å². The first-order valence-corrected chi connectivity index (χ1v) is 10.5. The number of carboxylic acid groups (broad SMARTS) is 1. The van der Waals surface area contributed by atoms with Crippen molar-refractivity contribution in [1.29, 1.82) is 0 Å². The predicted octanol–water partition coefficient (Wildman–Crippen LogP) is 3.00. The molecule has 0 aliphatic heterocycles. The van der Waals surface area contributed by atoms with E-state index in [0.717, 1.165) is 11.1 Å². The normalized spacial score (nSPS) is 19.6. The first-order chi connectivity index (χ1) is 15.0. The van der Waals surface area contributed by atoms with Gasteiger partial charge in [0.05, 0.1) is 11.8 Å². The fraction of sp³-hybridized carbons (Fsp3) is 0.375. The van der Waals surface area contributed by atoms with Crippen LogP contribution in [0.25, 0.3) is 11.1 Å². The van der Waals surface area contributed by atoms with E-state index in [9.17, 15) is 14.4 Å². The number of rotatable bonds is 8. The summed E-state index contributed by atoms with van der Waals surface area (Å²) in [5.41, 5.74) is 4.62. The van der Waals surface area contributed by atoms with E-state index in [2.05, 4.69) is 34.9 Å². The Balaban J connectivity index is 1.24. The van der Waals surface area contributed by atoms with Gasteiger partial charge in [-0.05, 0) is 34.6 Å². The Kier molecular flexibility index (Phi) is 5.93. The highest BCUT2D eigenvalue weighted by atomic mass is 16.5. The summed E-state index contributed by atoms with van der Waals surface area (Å²) in [6, 6.07) is 16.2. The number of benzene rings is 2. The maximum atomic E-state index is 12.2. The molecule has 2 aromatic carbocycles. The minimum Gasteiger partial charge on any atom is -0.481 e. The number of ether oxygens (including phenoxy) is 1. The number of hydrogen-bond acceptors (Lipinski definition) is 4. The Morgan fingerprint density at radius 2 is 1.65 bits per heavy atom. The summed E-state index contributed by atoms with van der Waals surface area (Å²) in [6.07, 6.45) is 0.0387. The lowest BCUT2D eigenvalue weighted by Gasteiger charge is -2.16. The molecule has 2 aromatic rings. The van der Waals surface area contributed by atoms with Gasteiger partial charge in [-0.1, -0.05) is 55.5 Å². The molecular weight excluding hydrogens is 396 g/mol. The van der Waals surface area contributed by atoms with Crippen LogP contribution in [0.5, 0.6) is 0 Å². The number of aliphatic carboxylic acids is 1. The molecule has 3 atom stereocenters. The van der Waals surface area contributed by atoms with E-state index in [1.165, 1.54) is 11.1 Å². The maximum absolute atomic E-state index is 12.2. The summed E-state index contributed by atoms with van der Waals surface area (Å²) in [6.45, 7) is 2.43. The van der Waals surface area contributed by atoms with Crippen LogP contribution in [0, 0.1) is 17.8 Å². The number of carbonyl (C=O) groups excluding carboxylic acids is 2. The first kappa shape index (κ1) is 20.9. The van der Waals surface area contributed by atoms with Crippen molar-refractivity contribution in [3.63, 3.8) is 0 Å². The maximum Gasteiger partial charge on any atom is 0.407 e. The third-order valence-corrected chi connectivity index (χ3v) is 6.12. The van der Waals surface area contributed by atoms with Crippen molar-refractivity contribution < 1.29 is 24.2 Å². The van der Waals surface area contributed by atoms with Gasteiger partial charge >= 0.3 is 12.1 Å². The highest BCUT2D eigenvalue weighted by Gasteiger charge is 2.43. The SMILES string of the molecule is CC(CNC(=O)OCC1c2ccccc2-c2ccccc21)C(=O)NC[C@H]1C[C@H]1C(=O)O. The summed E-state index contributed by atoms with van der Waals surface area (Å²) in [5, 5.41) is 14.3. The molecule has 2 aliphatic carbocycles. The van der Waals surface area contributed by atoms with Gasteiger partial charge in [0.25, 0.3) is 0 Å². The zero-order valence-electron chi connectivity index (χ0n) is 17.3. The molecule has 1 saturated carbocycles. The molecule has 0 saturated heterocycles. The minimum absolute atomic E-state index is 0.00346. The third-order valence-electron chi connectivity index (χ3n) is 6.12. The molecule has 4 rings (SSSR count). The van der Waals surface area contributed by atoms with E-state index in [1.54, 1.807) is 6.92 Å². The van der Waals surface area contributed by atoms with Crippen LogP contribution >= 0.6 is 0 Å². The molecule has 0 aromatic heterocycles. The number of fused-ring (bicyclic) bond motifs is 3. The standard InChI is InChI=1S/C24H26N2O5/c1-14(22(27)25-12-15-10-20(15)23(28)29)11-26-24(30)31-13-21-18-8-4-2-6-16(18)17-7-3-5-9-19(17)21/h2-9,14-15,20-21H,10-13H2,1H3,(H,25,27)(H,26,30)(H,28,29)/t14?,15-,20-/m1/s1. The van der Waals surface area contributed by atoms with Crippen LogP contribution in [-0.4, -0.2) is 42.8 Å². The van der Waals surface area contributed by atoms with Crippen LogP contribution in [0.15, 0.2) is 48.5 Å². The highest BCUT2D eigenvalue weighted by Crippen LogP contribution is 2.44. The second kappa shape index (κ2) is 8.79. The quantitative estimate of drug-likeness (QED) is 0.607. The van der Waals surface area contributed by atoms with Gasteiger partial charge in [-0.2, -0.15) is 0 Å². The Labute approximate surface area is 180 Å². The van der Waals surface area contributed by atoms with Gasteiger partial charge in [0.2, 0.25) is 5.91 Å². The van der Waals surface area contributed by atoms with Crippen molar-refractivity contribution in [1.82, 2.24) is 10.6 Å². The van der Waals surface area contributed by atoms with Crippen molar-refractivity contribution in [2.24, 2.45) is 17.8 Å². The molecule has 31 heavy (non-hydrogen) atoms. The molecule has 162 valence electrons. The van der Waals surface area contributed by atoms with E-state index in [4.69, 9.17) is 9.84 Å². The Bertz CT molecular complexity index is 959. The molecule has 0 radical (unpaired) electrons. The summed E-state index contributed by atoms with van der Waals surface area (Å²) in [4.78, 5) is 35.2. The van der Waals surface area contributed by atoms with Crippen LogP contribution in [0.4, 0.5) is 4.79 Å².